The molecule has 0 amide bonds. The summed E-state index contributed by atoms with van der Waals surface area (Å²) in [6.07, 6.45) is 4.76. The molecule has 4 nitrogen and oxygen atoms in total. The van der Waals surface area contributed by atoms with E-state index in [-0.39, 0.29) is 6.42 Å². The summed E-state index contributed by atoms with van der Waals surface area (Å²) in [5, 5.41) is 4.12. The molecule has 2 aromatic rings. The minimum atomic E-state index is -0.482. The Morgan fingerprint density at radius 3 is 2.86 bits per heavy atom. The number of halogens is 2. The lowest BCUT2D eigenvalue weighted by Gasteiger charge is -2.11. The van der Waals surface area contributed by atoms with Gasteiger partial charge in [-0.05, 0) is 30.9 Å². The van der Waals surface area contributed by atoms with Crippen LogP contribution in [0.1, 0.15) is 37.1 Å². The zero-order valence-electron chi connectivity index (χ0n) is 11.5. The highest BCUT2D eigenvalue weighted by Crippen LogP contribution is 2.27. The third kappa shape index (κ3) is 3.02. The summed E-state index contributed by atoms with van der Waals surface area (Å²) >= 11 is 6.02. The number of nitrogens with zero attached hydrogens (tertiary/aromatic N) is 2. The topological polar surface area (TPSA) is 48.0 Å². The molecule has 0 bridgehead atoms. The Labute approximate surface area is 126 Å². The fourth-order valence-electron chi connectivity index (χ4n) is 2.91. The minimum absolute atomic E-state index is 0.157. The van der Waals surface area contributed by atoms with Gasteiger partial charge in [0.1, 0.15) is 5.82 Å². The van der Waals surface area contributed by atoms with Crippen LogP contribution in [0.5, 0.6) is 0 Å². The monoisotopic (exact) mass is 310 g/mol. The van der Waals surface area contributed by atoms with Gasteiger partial charge in [0, 0.05) is 23.6 Å². The average Bonchev–Trinajstić information content (AvgIpc) is 3.07. The van der Waals surface area contributed by atoms with Crippen LogP contribution in [-0.2, 0) is 13.0 Å². The lowest BCUT2D eigenvalue weighted by atomic mass is 10.1. The van der Waals surface area contributed by atoms with E-state index in [1.165, 1.54) is 23.5 Å². The standard InChI is InChI=1S/C15H16ClFN2O2/c16-12-6-3-7-13(17)11(12)8-14-18-21-15(20)19(14)9-10-4-1-2-5-10/h3,6-7,10H,1-2,4-5,8-9H2. The first-order valence-corrected chi connectivity index (χ1v) is 7.51. The van der Waals surface area contributed by atoms with E-state index in [1.54, 1.807) is 12.1 Å². The number of benzene rings is 1. The second-order valence-electron chi connectivity index (χ2n) is 5.50. The third-order valence-corrected chi connectivity index (χ3v) is 4.43. The molecular weight excluding hydrogens is 295 g/mol. The summed E-state index contributed by atoms with van der Waals surface area (Å²) in [6.45, 7) is 0.587. The maximum absolute atomic E-state index is 13.8. The van der Waals surface area contributed by atoms with E-state index in [0.29, 0.717) is 28.9 Å². The predicted octanol–water partition coefficient (Wildman–Crippen LogP) is 3.41. The average molecular weight is 311 g/mol. The molecule has 0 atom stereocenters. The zero-order valence-corrected chi connectivity index (χ0v) is 12.3. The lowest BCUT2D eigenvalue weighted by Crippen LogP contribution is -2.21. The van der Waals surface area contributed by atoms with Crippen molar-refractivity contribution in [3.8, 4) is 0 Å². The molecule has 1 aromatic heterocycles. The van der Waals surface area contributed by atoms with E-state index in [0.717, 1.165) is 12.8 Å². The molecule has 0 unspecified atom stereocenters. The molecule has 0 N–H and O–H groups in total. The second kappa shape index (κ2) is 6.02. The van der Waals surface area contributed by atoms with Gasteiger partial charge in [0.25, 0.3) is 0 Å². The van der Waals surface area contributed by atoms with Crippen molar-refractivity contribution in [2.75, 3.05) is 0 Å². The maximum atomic E-state index is 13.8. The summed E-state index contributed by atoms with van der Waals surface area (Å²) in [6, 6.07) is 4.52. The van der Waals surface area contributed by atoms with E-state index in [2.05, 4.69) is 5.16 Å². The van der Waals surface area contributed by atoms with Crippen molar-refractivity contribution in [1.29, 1.82) is 0 Å². The van der Waals surface area contributed by atoms with Crippen LogP contribution in [0.2, 0.25) is 5.02 Å². The van der Waals surface area contributed by atoms with E-state index >= 15 is 0 Å². The largest absolute Gasteiger partial charge is 0.441 e. The Morgan fingerprint density at radius 2 is 2.14 bits per heavy atom. The smallest absolute Gasteiger partial charge is 0.296 e. The fraction of sp³-hybridized carbons (Fsp3) is 0.467. The Morgan fingerprint density at radius 1 is 1.38 bits per heavy atom. The first-order valence-electron chi connectivity index (χ1n) is 7.13. The number of hydrogen-bond donors (Lipinski definition) is 0. The summed E-state index contributed by atoms with van der Waals surface area (Å²) < 4.78 is 20.1. The van der Waals surface area contributed by atoms with E-state index in [1.807, 2.05) is 0 Å². The van der Waals surface area contributed by atoms with E-state index in [4.69, 9.17) is 16.1 Å². The molecule has 1 heterocycles. The number of hydrogen-bond acceptors (Lipinski definition) is 3. The van der Waals surface area contributed by atoms with Crippen molar-refractivity contribution in [3.63, 3.8) is 0 Å². The molecule has 1 aliphatic carbocycles. The molecule has 0 saturated heterocycles. The van der Waals surface area contributed by atoms with Gasteiger partial charge in [-0.15, -0.1) is 0 Å². The van der Waals surface area contributed by atoms with Crippen LogP contribution >= 0.6 is 11.6 Å². The molecule has 21 heavy (non-hydrogen) atoms. The van der Waals surface area contributed by atoms with Crippen LogP contribution in [0.25, 0.3) is 0 Å². The van der Waals surface area contributed by atoms with Crippen molar-refractivity contribution in [3.05, 3.63) is 51.0 Å². The normalized spacial score (nSPS) is 15.7. The molecule has 0 radical (unpaired) electrons. The Bertz CT molecular complexity index is 669. The van der Waals surface area contributed by atoms with Gasteiger partial charge in [-0.1, -0.05) is 35.7 Å². The predicted molar refractivity (Wildman–Crippen MR) is 76.9 cm³/mol. The number of aromatic nitrogens is 2. The quantitative estimate of drug-likeness (QED) is 0.869. The SMILES string of the molecule is O=c1onc(Cc2c(F)cccc2Cl)n1CC1CCCC1. The summed E-state index contributed by atoms with van der Waals surface area (Å²) in [5.74, 6) is 0.0190. The Kier molecular flexibility index (Phi) is 4.10. The molecule has 1 aromatic carbocycles. The third-order valence-electron chi connectivity index (χ3n) is 4.07. The Hall–Kier alpha value is -1.62. The van der Waals surface area contributed by atoms with Gasteiger partial charge in [-0.2, -0.15) is 0 Å². The van der Waals surface area contributed by atoms with Gasteiger partial charge in [0.15, 0.2) is 5.82 Å². The van der Waals surface area contributed by atoms with Gasteiger partial charge < -0.3 is 0 Å². The van der Waals surface area contributed by atoms with Crippen LogP contribution in [0, 0.1) is 11.7 Å². The molecule has 112 valence electrons. The van der Waals surface area contributed by atoms with Crippen molar-refractivity contribution in [2.45, 2.75) is 38.6 Å². The molecule has 3 rings (SSSR count). The highest BCUT2D eigenvalue weighted by Gasteiger charge is 2.21. The van der Waals surface area contributed by atoms with Gasteiger partial charge in [-0.3, -0.25) is 9.09 Å². The highest BCUT2D eigenvalue weighted by molar-refractivity contribution is 6.31. The second-order valence-corrected chi connectivity index (χ2v) is 5.91. The van der Waals surface area contributed by atoms with Gasteiger partial charge >= 0.3 is 5.76 Å². The summed E-state index contributed by atoms with van der Waals surface area (Å²) in [5.41, 5.74) is 0.340. The van der Waals surface area contributed by atoms with Crippen LogP contribution in [0.15, 0.2) is 27.5 Å². The minimum Gasteiger partial charge on any atom is -0.296 e. The van der Waals surface area contributed by atoms with E-state index in [9.17, 15) is 9.18 Å². The van der Waals surface area contributed by atoms with Crippen LogP contribution in [0.4, 0.5) is 4.39 Å². The summed E-state index contributed by atoms with van der Waals surface area (Å²) in [4.78, 5) is 11.8. The van der Waals surface area contributed by atoms with Crippen LogP contribution in [-0.4, -0.2) is 9.72 Å². The van der Waals surface area contributed by atoms with Gasteiger partial charge in [-0.25, -0.2) is 9.18 Å². The maximum Gasteiger partial charge on any atom is 0.441 e. The van der Waals surface area contributed by atoms with Crippen molar-refractivity contribution in [1.82, 2.24) is 9.72 Å². The molecule has 1 aliphatic rings. The van der Waals surface area contributed by atoms with E-state index < -0.39 is 11.6 Å². The first-order chi connectivity index (χ1) is 10.1. The lowest BCUT2D eigenvalue weighted by molar-refractivity contribution is 0.362. The molecular formula is C15H16ClFN2O2. The van der Waals surface area contributed by atoms with Crippen LogP contribution < -0.4 is 5.76 Å². The molecule has 1 fully saturated rings. The fourth-order valence-corrected chi connectivity index (χ4v) is 3.14. The molecule has 6 heteroatoms. The summed E-state index contributed by atoms with van der Waals surface area (Å²) in [7, 11) is 0. The highest BCUT2D eigenvalue weighted by atomic mass is 35.5. The molecule has 0 spiro atoms. The zero-order chi connectivity index (χ0) is 14.8. The van der Waals surface area contributed by atoms with Crippen molar-refractivity contribution < 1.29 is 8.91 Å². The van der Waals surface area contributed by atoms with Crippen LogP contribution in [0.3, 0.4) is 0 Å². The molecule has 1 saturated carbocycles. The van der Waals surface area contributed by atoms with Crippen molar-refractivity contribution in [2.24, 2.45) is 5.92 Å². The van der Waals surface area contributed by atoms with Gasteiger partial charge in [0.05, 0.1) is 0 Å². The van der Waals surface area contributed by atoms with Gasteiger partial charge in [0.2, 0.25) is 0 Å². The van der Waals surface area contributed by atoms with Crippen molar-refractivity contribution >= 4 is 11.6 Å². The number of rotatable bonds is 4. The first kappa shape index (κ1) is 14.3. The molecule has 0 aliphatic heterocycles. The Balaban J connectivity index is 1.87.